The van der Waals surface area contributed by atoms with Crippen molar-refractivity contribution in [2.45, 2.75) is 13.0 Å². The summed E-state index contributed by atoms with van der Waals surface area (Å²) in [5.41, 5.74) is 2.94. The number of nitro groups is 1. The SMILES string of the molecule is COc1cc(C=NNC(=O)C(C)Oc2ccc([N+](=O)[O-])cc2)ccc1OC(=O)c1ccc(Cl)cc1Cl. The van der Waals surface area contributed by atoms with E-state index in [1.165, 1.54) is 68.8 Å². The number of carbonyl (C=O) groups excluding carboxylic acids is 2. The van der Waals surface area contributed by atoms with Crippen LogP contribution in [0.4, 0.5) is 5.69 Å². The Morgan fingerprint density at radius 2 is 1.78 bits per heavy atom. The standard InChI is InChI=1S/C24H19Cl2N3O7/c1-14(35-18-7-5-17(6-8-18)29(32)33)23(30)28-27-13-15-3-10-21(22(11-15)34-2)36-24(31)19-9-4-16(25)12-20(19)26/h3-14H,1-2H3,(H,28,30). The summed E-state index contributed by atoms with van der Waals surface area (Å²) in [6.45, 7) is 1.51. The number of non-ortho nitro benzene ring substituents is 1. The van der Waals surface area contributed by atoms with E-state index in [4.69, 9.17) is 37.4 Å². The molecule has 1 N–H and O–H groups in total. The molecule has 36 heavy (non-hydrogen) atoms. The number of hydrogen-bond acceptors (Lipinski definition) is 8. The number of halogens is 2. The number of nitrogens with zero attached hydrogens (tertiary/aromatic N) is 2. The minimum absolute atomic E-state index is 0.0888. The highest BCUT2D eigenvalue weighted by molar-refractivity contribution is 6.36. The second-order valence-electron chi connectivity index (χ2n) is 7.17. The maximum Gasteiger partial charge on any atom is 0.345 e. The number of nitro benzene ring substituents is 1. The Morgan fingerprint density at radius 3 is 2.42 bits per heavy atom. The van der Waals surface area contributed by atoms with Crippen LogP contribution in [0.2, 0.25) is 10.0 Å². The van der Waals surface area contributed by atoms with Crippen LogP contribution in [0.25, 0.3) is 0 Å². The number of ether oxygens (including phenoxy) is 3. The second kappa shape index (κ2) is 12.0. The molecule has 0 saturated carbocycles. The number of nitrogens with one attached hydrogen (secondary N) is 1. The summed E-state index contributed by atoms with van der Waals surface area (Å²) in [4.78, 5) is 34.9. The van der Waals surface area contributed by atoms with Crippen LogP contribution in [0, 0.1) is 10.1 Å². The van der Waals surface area contributed by atoms with Gasteiger partial charge in [-0.05, 0) is 61.0 Å². The van der Waals surface area contributed by atoms with Crippen molar-refractivity contribution in [2.75, 3.05) is 7.11 Å². The molecule has 1 atom stereocenters. The Bertz CT molecular complexity index is 1310. The van der Waals surface area contributed by atoms with Gasteiger partial charge in [-0.3, -0.25) is 14.9 Å². The van der Waals surface area contributed by atoms with Gasteiger partial charge in [-0.25, -0.2) is 10.2 Å². The summed E-state index contributed by atoms with van der Waals surface area (Å²) >= 11 is 11.9. The van der Waals surface area contributed by atoms with Crippen molar-refractivity contribution in [3.05, 3.63) is 92.0 Å². The Kier molecular flexibility index (Phi) is 8.82. The first-order valence-electron chi connectivity index (χ1n) is 10.3. The summed E-state index contributed by atoms with van der Waals surface area (Å²) in [5, 5.41) is 15.1. The van der Waals surface area contributed by atoms with E-state index in [0.29, 0.717) is 16.3 Å². The van der Waals surface area contributed by atoms with Crippen LogP contribution < -0.4 is 19.6 Å². The Hall–Kier alpha value is -4.15. The van der Waals surface area contributed by atoms with E-state index in [2.05, 4.69) is 10.5 Å². The number of methoxy groups -OCH3 is 1. The number of rotatable bonds is 9. The maximum atomic E-state index is 12.5. The van der Waals surface area contributed by atoms with Crippen molar-refractivity contribution in [1.82, 2.24) is 5.43 Å². The van der Waals surface area contributed by atoms with Crippen molar-refractivity contribution in [3.63, 3.8) is 0 Å². The van der Waals surface area contributed by atoms with Crippen LogP contribution in [-0.2, 0) is 4.79 Å². The van der Waals surface area contributed by atoms with Gasteiger partial charge in [0.25, 0.3) is 11.6 Å². The smallest absolute Gasteiger partial charge is 0.345 e. The molecule has 0 aliphatic rings. The first-order valence-corrected chi connectivity index (χ1v) is 11.0. The predicted octanol–water partition coefficient (Wildman–Crippen LogP) is 5.05. The molecule has 0 radical (unpaired) electrons. The lowest BCUT2D eigenvalue weighted by Gasteiger charge is -2.12. The average Bonchev–Trinajstić information content (AvgIpc) is 2.84. The molecule has 186 valence electrons. The van der Waals surface area contributed by atoms with Crippen LogP contribution in [-0.4, -0.2) is 36.2 Å². The highest BCUT2D eigenvalue weighted by Gasteiger charge is 2.17. The number of carbonyl (C=O) groups is 2. The first-order chi connectivity index (χ1) is 17.2. The summed E-state index contributed by atoms with van der Waals surface area (Å²) < 4.78 is 16.1. The number of hydrazone groups is 1. The second-order valence-corrected chi connectivity index (χ2v) is 8.01. The topological polar surface area (TPSA) is 129 Å². The molecule has 0 aliphatic heterocycles. The summed E-state index contributed by atoms with van der Waals surface area (Å²) in [6, 6.07) is 14.4. The van der Waals surface area contributed by atoms with Crippen LogP contribution in [0.5, 0.6) is 17.2 Å². The van der Waals surface area contributed by atoms with E-state index in [-0.39, 0.29) is 27.8 Å². The quantitative estimate of drug-likeness (QED) is 0.134. The Balaban J connectivity index is 1.60. The molecule has 10 nitrogen and oxygen atoms in total. The molecular weight excluding hydrogens is 513 g/mol. The number of esters is 1. The molecule has 0 bridgehead atoms. The van der Waals surface area contributed by atoms with Gasteiger partial charge in [-0.15, -0.1) is 0 Å². The van der Waals surface area contributed by atoms with Gasteiger partial charge in [0.2, 0.25) is 0 Å². The molecule has 3 rings (SSSR count). The highest BCUT2D eigenvalue weighted by atomic mass is 35.5. The predicted molar refractivity (Wildman–Crippen MR) is 133 cm³/mol. The van der Waals surface area contributed by atoms with Crippen molar-refractivity contribution >= 4 is 47.0 Å². The molecular formula is C24H19Cl2N3O7. The lowest BCUT2D eigenvalue weighted by atomic mass is 10.2. The average molecular weight is 532 g/mol. The summed E-state index contributed by atoms with van der Waals surface area (Å²) in [5.74, 6) is -0.534. The minimum atomic E-state index is -0.917. The molecule has 0 aliphatic carbocycles. The fourth-order valence-corrected chi connectivity index (χ4v) is 3.31. The van der Waals surface area contributed by atoms with Crippen LogP contribution in [0.15, 0.2) is 65.8 Å². The molecule has 1 unspecified atom stereocenters. The van der Waals surface area contributed by atoms with Crippen molar-refractivity contribution in [3.8, 4) is 17.2 Å². The molecule has 3 aromatic rings. The summed E-state index contributed by atoms with van der Waals surface area (Å²) in [7, 11) is 1.40. The van der Waals surface area contributed by atoms with Gasteiger partial charge in [0.1, 0.15) is 5.75 Å². The zero-order chi connectivity index (χ0) is 26.2. The normalized spacial score (nSPS) is 11.6. The van der Waals surface area contributed by atoms with Gasteiger partial charge in [0, 0.05) is 17.2 Å². The molecule has 12 heteroatoms. The monoisotopic (exact) mass is 531 g/mol. The molecule has 0 heterocycles. The lowest BCUT2D eigenvalue weighted by molar-refractivity contribution is -0.384. The molecule has 3 aromatic carbocycles. The van der Waals surface area contributed by atoms with Crippen molar-refractivity contribution in [2.24, 2.45) is 5.10 Å². The third-order valence-electron chi connectivity index (χ3n) is 4.66. The van der Waals surface area contributed by atoms with Crippen LogP contribution in [0.3, 0.4) is 0 Å². The third kappa shape index (κ3) is 6.94. The fraction of sp³-hybridized carbons (Fsp3) is 0.125. The molecule has 0 saturated heterocycles. The zero-order valence-corrected chi connectivity index (χ0v) is 20.4. The van der Waals surface area contributed by atoms with E-state index in [0.717, 1.165) is 0 Å². The van der Waals surface area contributed by atoms with E-state index in [1.807, 2.05) is 0 Å². The van der Waals surface area contributed by atoms with Gasteiger partial charge >= 0.3 is 5.97 Å². The fourth-order valence-electron chi connectivity index (χ4n) is 2.82. The Labute approximate surface area is 215 Å². The summed E-state index contributed by atoms with van der Waals surface area (Å²) in [6.07, 6.45) is 0.445. The van der Waals surface area contributed by atoms with E-state index >= 15 is 0 Å². The zero-order valence-electron chi connectivity index (χ0n) is 18.9. The van der Waals surface area contributed by atoms with E-state index in [9.17, 15) is 19.7 Å². The van der Waals surface area contributed by atoms with Gasteiger partial charge in [-0.2, -0.15) is 5.10 Å². The van der Waals surface area contributed by atoms with Gasteiger partial charge in [-0.1, -0.05) is 23.2 Å². The Morgan fingerprint density at radius 1 is 1.06 bits per heavy atom. The van der Waals surface area contributed by atoms with E-state index in [1.54, 1.807) is 12.1 Å². The highest BCUT2D eigenvalue weighted by Crippen LogP contribution is 2.30. The van der Waals surface area contributed by atoms with E-state index < -0.39 is 22.9 Å². The molecule has 0 fully saturated rings. The largest absolute Gasteiger partial charge is 0.493 e. The minimum Gasteiger partial charge on any atom is -0.493 e. The number of benzene rings is 3. The van der Waals surface area contributed by atoms with Gasteiger partial charge < -0.3 is 14.2 Å². The van der Waals surface area contributed by atoms with Gasteiger partial charge in [0.15, 0.2) is 17.6 Å². The van der Waals surface area contributed by atoms with Crippen molar-refractivity contribution < 1.29 is 28.7 Å². The maximum absolute atomic E-state index is 12.5. The first kappa shape index (κ1) is 26.5. The molecule has 0 spiro atoms. The molecule has 1 amide bonds. The van der Waals surface area contributed by atoms with Crippen LogP contribution in [0.1, 0.15) is 22.8 Å². The third-order valence-corrected chi connectivity index (χ3v) is 5.21. The molecule has 0 aromatic heterocycles. The van der Waals surface area contributed by atoms with Gasteiger partial charge in [0.05, 0.1) is 28.8 Å². The lowest BCUT2D eigenvalue weighted by Crippen LogP contribution is -2.33. The van der Waals surface area contributed by atoms with Crippen LogP contribution >= 0.6 is 23.2 Å². The number of amides is 1. The van der Waals surface area contributed by atoms with Crippen molar-refractivity contribution in [1.29, 1.82) is 0 Å². The number of hydrogen-bond donors (Lipinski definition) is 1.